The molecule has 0 saturated carbocycles. The van der Waals surface area contributed by atoms with Crippen molar-refractivity contribution >= 4 is 18.0 Å². The van der Waals surface area contributed by atoms with Crippen LogP contribution in [0.25, 0.3) is 6.08 Å². The first-order valence-electron chi connectivity index (χ1n) is 4.71. The van der Waals surface area contributed by atoms with E-state index in [0.29, 0.717) is 5.56 Å². The quantitative estimate of drug-likeness (QED) is 0.784. The minimum Gasteiger partial charge on any atom is -0.405 e. The average Bonchev–Trinajstić information content (AvgIpc) is 2.22. The third kappa shape index (κ3) is 3.02. The van der Waals surface area contributed by atoms with E-state index in [2.05, 4.69) is 4.99 Å². The van der Waals surface area contributed by atoms with Crippen molar-refractivity contribution in [2.45, 2.75) is 6.92 Å². The molecule has 2 nitrogen and oxygen atoms in total. The maximum atomic E-state index is 13.4. The second-order valence-electron chi connectivity index (χ2n) is 2.99. The van der Waals surface area contributed by atoms with Crippen LogP contribution in [0.1, 0.15) is 12.5 Å². The number of hydrogen-bond acceptors (Lipinski definition) is 2. The molecule has 0 aliphatic heterocycles. The summed E-state index contributed by atoms with van der Waals surface area (Å²) in [6.45, 7) is 1.76. The Morgan fingerprint density at radius 2 is 2.06 bits per heavy atom. The van der Waals surface area contributed by atoms with Gasteiger partial charge in [0.2, 0.25) is 0 Å². The first kappa shape index (κ1) is 12.1. The molecule has 0 unspecified atom stereocenters. The van der Waals surface area contributed by atoms with Crippen LogP contribution in [-0.4, -0.2) is 6.21 Å². The van der Waals surface area contributed by atoms with Crippen molar-refractivity contribution in [2.24, 2.45) is 10.7 Å². The Bertz CT molecular complexity index is 449. The lowest BCUT2D eigenvalue weighted by molar-refractivity contribution is 0.584. The zero-order valence-electron chi connectivity index (χ0n) is 8.82. The predicted molar refractivity (Wildman–Crippen MR) is 62.5 cm³/mol. The molecule has 2 N–H and O–H groups in total. The number of halogens is 2. The van der Waals surface area contributed by atoms with Gasteiger partial charge in [-0.2, -0.15) is 0 Å². The average molecular weight is 222 g/mol. The zero-order chi connectivity index (χ0) is 12.0. The Morgan fingerprint density at radius 1 is 1.31 bits per heavy atom. The van der Waals surface area contributed by atoms with E-state index in [1.54, 1.807) is 19.1 Å². The zero-order valence-corrected chi connectivity index (χ0v) is 8.82. The molecular weight excluding hydrogens is 210 g/mol. The van der Waals surface area contributed by atoms with E-state index >= 15 is 0 Å². The van der Waals surface area contributed by atoms with Crippen molar-refractivity contribution in [3.8, 4) is 0 Å². The number of nitrogens with two attached hydrogens (primary N) is 1. The number of aliphatic imine (C=N–C) groups is 1. The lowest BCUT2D eigenvalue weighted by Crippen LogP contribution is -1.86. The third-order valence-electron chi connectivity index (χ3n) is 1.80. The van der Waals surface area contributed by atoms with Crippen LogP contribution in [0.15, 0.2) is 35.5 Å². The Morgan fingerprint density at radius 3 is 2.69 bits per heavy atom. The SMILES string of the molecule is C/C=C\c1cc(F)cc(F)c1N=CC=CN. The molecule has 84 valence electrons. The fraction of sp³-hybridized carbons (Fsp3) is 0.0833. The van der Waals surface area contributed by atoms with Gasteiger partial charge >= 0.3 is 0 Å². The number of nitrogens with zero attached hydrogens (tertiary/aromatic N) is 1. The lowest BCUT2D eigenvalue weighted by atomic mass is 10.1. The maximum absolute atomic E-state index is 13.4. The van der Waals surface area contributed by atoms with E-state index in [0.717, 1.165) is 6.07 Å². The molecule has 16 heavy (non-hydrogen) atoms. The molecule has 0 saturated heterocycles. The summed E-state index contributed by atoms with van der Waals surface area (Å²) in [4.78, 5) is 3.87. The molecular formula is C12H12F2N2. The highest BCUT2D eigenvalue weighted by Crippen LogP contribution is 2.25. The second kappa shape index (κ2) is 5.80. The van der Waals surface area contributed by atoms with Crippen LogP contribution in [0, 0.1) is 11.6 Å². The minimum absolute atomic E-state index is 0.0950. The molecule has 0 fully saturated rings. The molecule has 0 aliphatic rings. The molecule has 1 rings (SSSR count). The van der Waals surface area contributed by atoms with Gasteiger partial charge in [-0.05, 0) is 25.3 Å². The Hall–Kier alpha value is -1.97. The van der Waals surface area contributed by atoms with Gasteiger partial charge in [0, 0.05) is 17.8 Å². The summed E-state index contributed by atoms with van der Waals surface area (Å²) in [5.74, 6) is -1.33. The van der Waals surface area contributed by atoms with E-state index in [1.807, 2.05) is 0 Å². The van der Waals surface area contributed by atoms with Crippen molar-refractivity contribution in [1.82, 2.24) is 0 Å². The van der Waals surface area contributed by atoms with Crippen LogP contribution in [0.5, 0.6) is 0 Å². The van der Waals surface area contributed by atoms with Crippen molar-refractivity contribution in [3.05, 3.63) is 47.7 Å². The monoisotopic (exact) mass is 222 g/mol. The molecule has 1 aromatic carbocycles. The molecule has 0 amide bonds. The highest BCUT2D eigenvalue weighted by molar-refractivity contribution is 5.77. The van der Waals surface area contributed by atoms with Gasteiger partial charge in [0.05, 0.1) is 0 Å². The number of benzene rings is 1. The Balaban J connectivity index is 3.23. The second-order valence-corrected chi connectivity index (χ2v) is 2.99. The van der Waals surface area contributed by atoms with Gasteiger partial charge in [-0.1, -0.05) is 12.2 Å². The smallest absolute Gasteiger partial charge is 0.152 e. The summed E-state index contributed by atoms with van der Waals surface area (Å²) < 4.78 is 26.4. The van der Waals surface area contributed by atoms with E-state index in [-0.39, 0.29) is 5.69 Å². The largest absolute Gasteiger partial charge is 0.405 e. The third-order valence-corrected chi connectivity index (χ3v) is 1.80. The normalized spacial score (nSPS) is 12.2. The summed E-state index contributed by atoms with van der Waals surface area (Å²) >= 11 is 0. The van der Waals surface area contributed by atoms with Gasteiger partial charge in [0.15, 0.2) is 5.82 Å². The standard InChI is InChI=1S/C12H12F2N2/c1-2-4-9-7-10(13)8-11(14)12(9)16-6-3-5-15/h2-8H,15H2,1H3/b4-2-,5-3?,16-6?. The van der Waals surface area contributed by atoms with Gasteiger partial charge in [-0.15, -0.1) is 0 Å². The van der Waals surface area contributed by atoms with Gasteiger partial charge in [-0.25, -0.2) is 8.78 Å². The summed E-state index contributed by atoms with van der Waals surface area (Å²) in [6.07, 6.45) is 7.36. The van der Waals surface area contributed by atoms with E-state index in [4.69, 9.17) is 5.73 Å². The molecule has 4 heteroatoms. The van der Waals surface area contributed by atoms with Crippen LogP contribution in [0.2, 0.25) is 0 Å². The highest BCUT2D eigenvalue weighted by Gasteiger charge is 2.07. The van der Waals surface area contributed by atoms with E-state index in [9.17, 15) is 8.78 Å². The summed E-state index contributed by atoms with van der Waals surface area (Å²) in [6, 6.07) is 2.02. The van der Waals surface area contributed by atoms with E-state index in [1.165, 1.54) is 24.6 Å². The summed E-state index contributed by atoms with van der Waals surface area (Å²) in [5.41, 5.74) is 5.60. The van der Waals surface area contributed by atoms with Crippen LogP contribution in [0.3, 0.4) is 0 Å². The van der Waals surface area contributed by atoms with Gasteiger partial charge in [0.25, 0.3) is 0 Å². The van der Waals surface area contributed by atoms with Crippen LogP contribution < -0.4 is 5.73 Å². The first-order valence-corrected chi connectivity index (χ1v) is 4.71. The first-order chi connectivity index (χ1) is 7.69. The van der Waals surface area contributed by atoms with E-state index < -0.39 is 11.6 Å². The Kier molecular flexibility index (Phi) is 4.39. The van der Waals surface area contributed by atoms with Crippen LogP contribution in [0.4, 0.5) is 14.5 Å². The lowest BCUT2D eigenvalue weighted by Gasteiger charge is -2.02. The highest BCUT2D eigenvalue weighted by atomic mass is 19.1. The number of hydrogen-bond donors (Lipinski definition) is 1. The molecule has 0 radical (unpaired) electrons. The van der Waals surface area contributed by atoms with Gasteiger partial charge < -0.3 is 5.73 Å². The predicted octanol–water partition coefficient (Wildman–Crippen LogP) is 3.17. The maximum Gasteiger partial charge on any atom is 0.152 e. The van der Waals surface area contributed by atoms with Crippen LogP contribution in [-0.2, 0) is 0 Å². The van der Waals surface area contributed by atoms with Crippen LogP contribution >= 0.6 is 0 Å². The molecule has 0 bridgehead atoms. The van der Waals surface area contributed by atoms with Crippen molar-refractivity contribution in [1.29, 1.82) is 0 Å². The topological polar surface area (TPSA) is 38.4 Å². The van der Waals surface area contributed by atoms with Gasteiger partial charge in [-0.3, -0.25) is 4.99 Å². The molecule has 0 spiro atoms. The molecule has 1 aromatic rings. The molecule has 0 aromatic heterocycles. The summed E-state index contributed by atoms with van der Waals surface area (Å²) in [7, 11) is 0. The number of allylic oxidation sites excluding steroid dienone is 2. The fourth-order valence-corrected chi connectivity index (χ4v) is 1.20. The molecule has 0 atom stereocenters. The van der Waals surface area contributed by atoms with Crippen molar-refractivity contribution < 1.29 is 8.78 Å². The number of rotatable bonds is 3. The summed E-state index contributed by atoms with van der Waals surface area (Å²) in [5, 5.41) is 0. The Labute approximate surface area is 92.8 Å². The minimum atomic E-state index is -0.699. The molecule has 0 aliphatic carbocycles. The van der Waals surface area contributed by atoms with Gasteiger partial charge in [0.1, 0.15) is 11.5 Å². The fourth-order valence-electron chi connectivity index (χ4n) is 1.20. The molecule has 0 heterocycles. The van der Waals surface area contributed by atoms with Crippen molar-refractivity contribution in [3.63, 3.8) is 0 Å². The van der Waals surface area contributed by atoms with Crippen molar-refractivity contribution in [2.75, 3.05) is 0 Å².